The van der Waals surface area contributed by atoms with Crippen molar-refractivity contribution in [3.05, 3.63) is 29.3 Å². The lowest BCUT2D eigenvalue weighted by Crippen LogP contribution is -2.23. The van der Waals surface area contributed by atoms with Crippen LogP contribution in [0, 0.1) is 12.3 Å². The molecule has 2 rings (SSSR count). The topological polar surface area (TPSA) is 70.6 Å². The Bertz CT molecular complexity index is 493. The third-order valence-corrected chi connectivity index (χ3v) is 2.95. The lowest BCUT2D eigenvalue weighted by molar-refractivity contribution is 0.127. The Balaban J connectivity index is 2.15. The third kappa shape index (κ3) is 2.62. The highest BCUT2D eigenvalue weighted by Gasteiger charge is 2.22. The Morgan fingerprint density at radius 2 is 2.44 bits per heavy atom. The number of rotatable bonds is 3. The minimum absolute atomic E-state index is 0.191. The number of hydroxylamine groups is 1. The summed E-state index contributed by atoms with van der Waals surface area (Å²) in [7, 11) is 0. The summed E-state index contributed by atoms with van der Waals surface area (Å²) >= 11 is 0. The third-order valence-electron chi connectivity index (χ3n) is 2.95. The molecule has 0 saturated carbocycles. The Morgan fingerprint density at radius 1 is 1.61 bits per heavy atom. The summed E-state index contributed by atoms with van der Waals surface area (Å²) in [6.07, 6.45) is 6.28. The molecule has 1 amide bonds. The fourth-order valence-electron chi connectivity index (χ4n) is 2.17. The quantitative estimate of drug-likeness (QED) is 0.428. The van der Waals surface area contributed by atoms with Crippen molar-refractivity contribution in [2.24, 2.45) is 0 Å². The normalized spacial score (nSPS) is 16.8. The van der Waals surface area contributed by atoms with E-state index in [2.05, 4.69) is 11.2 Å². The van der Waals surface area contributed by atoms with Gasteiger partial charge in [0.2, 0.25) is 0 Å². The van der Waals surface area contributed by atoms with Crippen LogP contribution in [0.25, 0.3) is 0 Å². The predicted octanol–water partition coefficient (Wildman–Crippen LogP) is 1.37. The molecular weight excluding hydrogens is 232 g/mol. The van der Waals surface area contributed by atoms with Crippen molar-refractivity contribution in [1.82, 2.24) is 10.8 Å². The second-order valence-corrected chi connectivity index (χ2v) is 4.04. The van der Waals surface area contributed by atoms with Gasteiger partial charge in [0.05, 0.1) is 6.54 Å². The number of ether oxygens (including phenoxy) is 1. The lowest BCUT2D eigenvalue weighted by Gasteiger charge is -2.12. The van der Waals surface area contributed by atoms with Crippen molar-refractivity contribution in [2.45, 2.75) is 18.9 Å². The number of terminal acetylenes is 1. The van der Waals surface area contributed by atoms with Gasteiger partial charge in [-0.15, -0.1) is 6.42 Å². The summed E-state index contributed by atoms with van der Waals surface area (Å²) in [5, 5.41) is 11.6. The molecule has 1 atom stereocenters. The van der Waals surface area contributed by atoms with Crippen LogP contribution in [-0.2, 0) is 6.42 Å². The number of amides is 1. The van der Waals surface area contributed by atoms with Gasteiger partial charge in [0.25, 0.3) is 0 Å². The number of nitrogens with one attached hydrogen (secondary N) is 2. The van der Waals surface area contributed by atoms with Gasteiger partial charge in [-0.25, -0.2) is 10.3 Å². The van der Waals surface area contributed by atoms with E-state index in [0.717, 1.165) is 18.4 Å². The molecule has 0 spiro atoms. The SMILES string of the molecule is C#CCN[C@@H]1CCc2ccc(OC(=O)NO)cc21. The molecule has 94 valence electrons. The molecule has 1 aliphatic rings. The monoisotopic (exact) mass is 246 g/mol. The van der Waals surface area contributed by atoms with E-state index in [-0.39, 0.29) is 6.04 Å². The summed E-state index contributed by atoms with van der Waals surface area (Å²) in [5.74, 6) is 2.94. The highest BCUT2D eigenvalue weighted by molar-refractivity contribution is 5.69. The van der Waals surface area contributed by atoms with Crippen molar-refractivity contribution in [1.29, 1.82) is 0 Å². The molecule has 18 heavy (non-hydrogen) atoms. The highest BCUT2D eigenvalue weighted by Crippen LogP contribution is 2.33. The Labute approximate surface area is 105 Å². The van der Waals surface area contributed by atoms with Crippen LogP contribution in [0.4, 0.5) is 4.79 Å². The molecule has 0 aromatic heterocycles. The largest absolute Gasteiger partial charge is 0.436 e. The van der Waals surface area contributed by atoms with Crippen molar-refractivity contribution in [3.8, 4) is 18.1 Å². The summed E-state index contributed by atoms with van der Waals surface area (Å²) in [6, 6.07) is 5.62. The Kier molecular flexibility index (Phi) is 3.82. The fraction of sp³-hybridized carbons (Fsp3) is 0.308. The molecule has 0 heterocycles. The van der Waals surface area contributed by atoms with Gasteiger partial charge in [0.15, 0.2) is 0 Å². The van der Waals surface area contributed by atoms with Gasteiger partial charge >= 0.3 is 6.09 Å². The van der Waals surface area contributed by atoms with Crippen LogP contribution in [0.2, 0.25) is 0 Å². The molecule has 5 heteroatoms. The van der Waals surface area contributed by atoms with Gasteiger partial charge in [0.1, 0.15) is 5.75 Å². The minimum Gasteiger partial charge on any atom is -0.409 e. The predicted molar refractivity (Wildman–Crippen MR) is 65.3 cm³/mol. The van der Waals surface area contributed by atoms with Gasteiger partial charge in [-0.3, -0.25) is 10.5 Å². The molecule has 0 aliphatic heterocycles. The van der Waals surface area contributed by atoms with Crippen LogP contribution in [0.15, 0.2) is 18.2 Å². The summed E-state index contributed by atoms with van der Waals surface area (Å²) in [5.41, 5.74) is 3.74. The average Bonchev–Trinajstić information content (AvgIpc) is 2.78. The first-order chi connectivity index (χ1) is 8.74. The van der Waals surface area contributed by atoms with Crippen LogP contribution in [-0.4, -0.2) is 17.8 Å². The Morgan fingerprint density at radius 3 is 3.17 bits per heavy atom. The molecule has 5 nitrogen and oxygen atoms in total. The van der Waals surface area contributed by atoms with Crippen molar-refractivity contribution < 1.29 is 14.7 Å². The molecule has 0 fully saturated rings. The van der Waals surface area contributed by atoms with Crippen LogP contribution in [0.3, 0.4) is 0 Å². The van der Waals surface area contributed by atoms with Crippen LogP contribution in [0.1, 0.15) is 23.6 Å². The number of carbonyl (C=O) groups excluding carboxylic acids is 1. The maximum atomic E-state index is 10.9. The number of hydrogen-bond acceptors (Lipinski definition) is 4. The molecule has 1 aromatic carbocycles. The van der Waals surface area contributed by atoms with E-state index in [4.69, 9.17) is 16.4 Å². The van der Waals surface area contributed by atoms with E-state index in [1.54, 1.807) is 12.1 Å². The summed E-state index contributed by atoms with van der Waals surface area (Å²) < 4.78 is 4.87. The molecule has 3 N–H and O–H groups in total. The zero-order valence-corrected chi connectivity index (χ0v) is 9.77. The molecule has 0 bridgehead atoms. The maximum absolute atomic E-state index is 10.9. The van der Waals surface area contributed by atoms with Crippen molar-refractivity contribution in [3.63, 3.8) is 0 Å². The van der Waals surface area contributed by atoms with Gasteiger partial charge in [-0.05, 0) is 36.1 Å². The molecule has 1 aromatic rings. The number of hydrogen-bond donors (Lipinski definition) is 3. The zero-order valence-electron chi connectivity index (χ0n) is 9.77. The Hall–Kier alpha value is -2.03. The number of aryl methyl sites for hydroxylation is 1. The number of carbonyl (C=O) groups is 1. The second-order valence-electron chi connectivity index (χ2n) is 4.04. The van der Waals surface area contributed by atoms with Gasteiger partial charge in [-0.2, -0.15) is 0 Å². The molecule has 1 aliphatic carbocycles. The smallest absolute Gasteiger partial charge is 0.409 e. The molecule has 0 saturated heterocycles. The van der Waals surface area contributed by atoms with Gasteiger partial charge < -0.3 is 4.74 Å². The summed E-state index contributed by atoms with van der Waals surface area (Å²) in [4.78, 5) is 10.9. The highest BCUT2D eigenvalue weighted by atomic mass is 16.6. The first kappa shape index (κ1) is 12.4. The fourth-order valence-corrected chi connectivity index (χ4v) is 2.17. The van der Waals surface area contributed by atoms with E-state index >= 15 is 0 Å². The van der Waals surface area contributed by atoms with E-state index in [1.165, 1.54) is 11.0 Å². The van der Waals surface area contributed by atoms with Gasteiger partial charge in [-0.1, -0.05) is 12.0 Å². The van der Waals surface area contributed by atoms with E-state index in [0.29, 0.717) is 12.3 Å². The average molecular weight is 246 g/mol. The van der Waals surface area contributed by atoms with Crippen LogP contribution in [0.5, 0.6) is 5.75 Å². The van der Waals surface area contributed by atoms with E-state index in [1.807, 2.05) is 6.07 Å². The second kappa shape index (κ2) is 5.54. The minimum atomic E-state index is -0.902. The van der Waals surface area contributed by atoms with E-state index in [9.17, 15) is 4.79 Å². The van der Waals surface area contributed by atoms with Crippen LogP contribution >= 0.6 is 0 Å². The molecule has 0 radical (unpaired) electrons. The van der Waals surface area contributed by atoms with E-state index < -0.39 is 6.09 Å². The summed E-state index contributed by atoms with van der Waals surface area (Å²) in [6.45, 7) is 0.506. The van der Waals surface area contributed by atoms with Crippen molar-refractivity contribution in [2.75, 3.05) is 6.54 Å². The number of fused-ring (bicyclic) bond motifs is 1. The molecule has 0 unspecified atom stereocenters. The lowest BCUT2D eigenvalue weighted by atomic mass is 10.1. The maximum Gasteiger partial charge on any atom is 0.436 e. The van der Waals surface area contributed by atoms with Crippen LogP contribution < -0.4 is 15.5 Å². The number of benzene rings is 1. The van der Waals surface area contributed by atoms with Crippen molar-refractivity contribution >= 4 is 6.09 Å². The first-order valence-corrected chi connectivity index (χ1v) is 5.66. The molecular formula is C13H14N2O3. The van der Waals surface area contributed by atoms with Gasteiger partial charge in [0, 0.05) is 6.04 Å². The first-order valence-electron chi connectivity index (χ1n) is 5.66. The standard InChI is InChI=1S/C13H14N2O3/c1-2-7-14-12-6-4-9-3-5-10(8-11(9)12)18-13(16)15-17/h1,3,5,8,12,14,17H,4,6-7H2,(H,15,16)/t12-/m1/s1. The zero-order chi connectivity index (χ0) is 13.0.